The maximum absolute atomic E-state index is 11.5. The number of rotatable bonds is 8. The highest BCUT2D eigenvalue weighted by molar-refractivity contribution is 8.24. The van der Waals surface area contributed by atoms with E-state index in [1.807, 2.05) is 37.3 Å². The molecule has 0 aromatic heterocycles. The lowest BCUT2D eigenvalue weighted by molar-refractivity contribution is -0.274. The van der Waals surface area contributed by atoms with Crippen molar-refractivity contribution >= 4 is 16.6 Å². The summed E-state index contributed by atoms with van der Waals surface area (Å²) in [5.41, 5.74) is 1.10. The number of unbranched alkanes of at least 4 members (excludes halogenated alkanes) is 1. The molecule has 0 amide bonds. The number of aliphatic hydroxyl groups excluding tert-OH is 3. The number of ether oxygens (including phenoxy) is 2. The van der Waals surface area contributed by atoms with Gasteiger partial charge in [0.1, 0.15) is 18.0 Å². The molecule has 0 aliphatic carbocycles. The zero-order chi connectivity index (χ0) is 27.7. The predicted octanol–water partition coefficient (Wildman–Crippen LogP) is 3.10. The number of fused-ring (bicyclic) bond motifs is 1. The van der Waals surface area contributed by atoms with Gasteiger partial charge in [0.15, 0.2) is 18.5 Å². The second kappa shape index (κ2) is 11.5. The smallest absolute Gasteiger partial charge is 0.335 e. The van der Waals surface area contributed by atoms with Crippen molar-refractivity contribution in [2.75, 3.05) is 5.75 Å². The third-order valence-corrected chi connectivity index (χ3v) is 9.49. The third kappa shape index (κ3) is 5.70. The first-order valence-corrected chi connectivity index (χ1v) is 14.5. The van der Waals surface area contributed by atoms with E-state index < -0.39 is 52.8 Å². The van der Waals surface area contributed by atoms with Gasteiger partial charge in [-0.1, -0.05) is 63.1 Å². The van der Waals surface area contributed by atoms with Crippen LogP contribution in [0, 0.1) is 0 Å². The number of nitrogens with one attached hydrogen (secondary N) is 1. The summed E-state index contributed by atoms with van der Waals surface area (Å²) in [6.07, 6.45) is -5.44. The Morgan fingerprint density at radius 1 is 1.11 bits per heavy atom. The van der Waals surface area contributed by atoms with Crippen LogP contribution in [0.4, 0.5) is 0 Å². The Hall–Kier alpha value is -2.22. The SMILES string of the molecule is CCCCC1(CC)CS(O)(O)c2cc(O[C@@H]3[C@H](O)[C@@H](O)[C@H](C(=O)O)O[C@H]3O)ccc2C(c2ccccc2)N1. The molecule has 2 aliphatic heterocycles. The predicted molar refractivity (Wildman–Crippen MR) is 141 cm³/mol. The summed E-state index contributed by atoms with van der Waals surface area (Å²) in [5.74, 6) is -1.33. The van der Waals surface area contributed by atoms with Crippen LogP contribution in [0.2, 0.25) is 0 Å². The quantitative estimate of drug-likeness (QED) is 0.259. The lowest BCUT2D eigenvalue weighted by atomic mass is 9.88. The van der Waals surface area contributed by atoms with Crippen LogP contribution in [0.5, 0.6) is 5.75 Å². The van der Waals surface area contributed by atoms with E-state index in [9.17, 15) is 29.2 Å². The molecule has 0 bridgehead atoms. The molecule has 1 fully saturated rings. The topological polar surface area (TPSA) is 169 Å². The summed E-state index contributed by atoms with van der Waals surface area (Å²) in [6.45, 7) is 4.13. The number of carboxylic acids is 1. The van der Waals surface area contributed by atoms with Gasteiger partial charge < -0.3 is 29.9 Å². The Kier molecular flexibility index (Phi) is 8.70. The fraction of sp³-hybridized carbons (Fsp3) is 0.519. The van der Waals surface area contributed by atoms with Gasteiger partial charge in [0.2, 0.25) is 0 Å². The summed E-state index contributed by atoms with van der Waals surface area (Å²) in [6, 6.07) is 14.2. The minimum atomic E-state index is -3.32. The molecule has 4 rings (SSSR count). The zero-order valence-corrected chi connectivity index (χ0v) is 22.3. The van der Waals surface area contributed by atoms with Crippen molar-refractivity contribution in [1.29, 1.82) is 0 Å². The molecule has 2 aliphatic rings. The molecule has 2 heterocycles. The largest absolute Gasteiger partial charge is 0.482 e. The van der Waals surface area contributed by atoms with Gasteiger partial charge in [0, 0.05) is 11.6 Å². The number of aliphatic carboxylic acids is 1. The number of hydrogen-bond donors (Lipinski definition) is 7. The van der Waals surface area contributed by atoms with Crippen LogP contribution in [0.15, 0.2) is 53.4 Å². The van der Waals surface area contributed by atoms with E-state index >= 15 is 0 Å². The van der Waals surface area contributed by atoms with Gasteiger partial charge in [-0.25, -0.2) is 4.79 Å². The molecule has 1 saturated heterocycles. The summed E-state index contributed by atoms with van der Waals surface area (Å²) < 4.78 is 33.8. The van der Waals surface area contributed by atoms with Crippen LogP contribution in [0.3, 0.4) is 0 Å². The summed E-state index contributed by atoms with van der Waals surface area (Å²) in [5, 5.41) is 43.9. The fourth-order valence-corrected chi connectivity index (χ4v) is 7.51. The first-order valence-electron chi connectivity index (χ1n) is 12.8. The molecule has 0 saturated carbocycles. The molecule has 38 heavy (non-hydrogen) atoms. The fourth-order valence-electron chi connectivity index (χ4n) is 5.29. The molecule has 10 nitrogen and oxygen atoms in total. The Balaban J connectivity index is 1.73. The molecule has 2 aromatic carbocycles. The highest BCUT2D eigenvalue weighted by Crippen LogP contribution is 2.57. The van der Waals surface area contributed by atoms with E-state index in [0.29, 0.717) is 12.0 Å². The van der Waals surface area contributed by atoms with Crippen molar-refractivity contribution < 1.29 is 43.8 Å². The van der Waals surface area contributed by atoms with Crippen molar-refractivity contribution in [2.45, 2.75) is 86.7 Å². The molecule has 7 atom stereocenters. The van der Waals surface area contributed by atoms with E-state index in [2.05, 4.69) is 12.2 Å². The molecule has 210 valence electrons. The van der Waals surface area contributed by atoms with E-state index in [0.717, 1.165) is 24.8 Å². The number of carbonyl (C=O) groups is 1. The van der Waals surface area contributed by atoms with E-state index in [1.165, 1.54) is 6.07 Å². The van der Waals surface area contributed by atoms with Gasteiger partial charge in [-0.3, -0.25) is 14.4 Å². The Bertz CT molecular complexity index is 1120. The monoisotopic (exact) mass is 551 g/mol. The Morgan fingerprint density at radius 3 is 2.45 bits per heavy atom. The summed E-state index contributed by atoms with van der Waals surface area (Å²) in [4.78, 5) is 11.6. The van der Waals surface area contributed by atoms with Crippen LogP contribution < -0.4 is 10.1 Å². The van der Waals surface area contributed by atoms with Gasteiger partial charge in [0.05, 0.1) is 16.7 Å². The van der Waals surface area contributed by atoms with Gasteiger partial charge in [0.25, 0.3) is 0 Å². The lowest BCUT2D eigenvalue weighted by Gasteiger charge is -2.42. The summed E-state index contributed by atoms with van der Waals surface area (Å²) in [7, 11) is -3.32. The van der Waals surface area contributed by atoms with Crippen molar-refractivity contribution in [2.24, 2.45) is 0 Å². The van der Waals surface area contributed by atoms with Crippen LogP contribution in [-0.2, 0) is 9.53 Å². The molecular formula is C27H37NO9S. The number of aliphatic hydroxyl groups is 3. The first-order chi connectivity index (χ1) is 18.0. The van der Waals surface area contributed by atoms with Crippen molar-refractivity contribution in [3.05, 3.63) is 59.7 Å². The first kappa shape index (κ1) is 28.8. The van der Waals surface area contributed by atoms with Crippen molar-refractivity contribution in [3.8, 4) is 5.75 Å². The minimum absolute atomic E-state index is 0.0979. The van der Waals surface area contributed by atoms with Crippen molar-refractivity contribution in [3.63, 3.8) is 0 Å². The van der Waals surface area contributed by atoms with Crippen LogP contribution in [-0.4, -0.2) is 77.5 Å². The molecule has 2 unspecified atom stereocenters. The zero-order valence-electron chi connectivity index (χ0n) is 21.4. The van der Waals surface area contributed by atoms with Gasteiger partial charge >= 0.3 is 5.97 Å². The highest BCUT2D eigenvalue weighted by atomic mass is 32.3. The number of carboxylic acid groups (broad SMARTS) is 1. The molecule has 2 aromatic rings. The lowest BCUT2D eigenvalue weighted by Crippen LogP contribution is -2.61. The number of hydrogen-bond acceptors (Lipinski definition) is 9. The van der Waals surface area contributed by atoms with Crippen LogP contribution in [0.1, 0.15) is 56.7 Å². The normalized spacial score (nSPS) is 33.6. The van der Waals surface area contributed by atoms with Gasteiger partial charge in [-0.2, -0.15) is 10.6 Å². The molecule has 0 spiro atoms. The van der Waals surface area contributed by atoms with Crippen molar-refractivity contribution in [1.82, 2.24) is 5.32 Å². The van der Waals surface area contributed by atoms with E-state index in [1.54, 1.807) is 12.1 Å². The van der Waals surface area contributed by atoms with E-state index in [4.69, 9.17) is 14.6 Å². The van der Waals surface area contributed by atoms with Gasteiger partial charge in [-0.15, -0.1) is 0 Å². The molecular weight excluding hydrogens is 514 g/mol. The second-order valence-corrected chi connectivity index (χ2v) is 12.1. The second-order valence-electron chi connectivity index (χ2n) is 10.1. The summed E-state index contributed by atoms with van der Waals surface area (Å²) >= 11 is 0. The maximum atomic E-state index is 11.5. The Morgan fingerprint density at radius 2 is 1.82 bits per heavy atom. The molecule has 0 radical (unpaired) electrons. The average Bonchev–Trinajstić information content (AvgIpc) is 3.00. The maximum Gasteiger partial charge on any atom is 0.335 e. The molecule has 11 heteroatoms. The number of benzene rings is 2. The molecule has 7 N–H and O–H groups in total. The standard InChI is InChI=1S/C27H37NO9S/c1-3-5-13-27(4-2)15-38(34,35)19-14-17(11-12-18(19)20(28-27)16-9-7-6-8-10-16)36-24-22(30)21(29)23(25(31)32)37-26(24)33/h6-12,14,20-24,26,28-30,33-35H,3-5,13,15H2,1-2H3,(H,31,32)/t20?,21-,22-,23-,24-,26-,27?/m1/s1. The average molecular weight is 552 g/mol. The van der Waals surface area contributed by atoms with Crippen LogP contribution >= 0.6 is 10.6 Å². The third-order valence-electron chi connectivity index (χ3n) is 7.47. The highest BCUT2D eigenvalue weighted by Gasteiger charge is 2.49. The Labute approximate surface area is 223 Å². The van der Waals surface area contributed by atoms with E-state index in [-0.39, 0.29) is 22.4 Å². The minimum Gasteiger partial charge on any atom is -0.482 e. The van der Waals surface area contributed by atoms with Crippen LogP contribution in [0.25, 0.3) is 0 Å². The van der Waals surface area contributed by atoms with Gasteiger partial charge in [-0.05, 0) is 30.0 Å².